The number of aryl methyl sites for hydroxylation is 2. The van der Waals surface area contributed by atoms with Crippen molar-refractivity contribution in [2.24, 2.45) is 0 Å². The number of nitro benzene ring substituents is 1. The topological polar surface area (TPSA) is 81.5 Å². The van der Waals surface area contributed by atoms with Gasteiger partial charge in [0.1, 0.15) is 0 Å². The third-order valence-electron chi connectivity index (χ3n) is 3.29. The quantitative estimate of drug-likeness (QED) is 0.647. The number of carbonyl (C=O) groups excluding carboxylic acids is 1. The van der Waals surface area contributed by atoms with Crippen LogP contribution in [0.3, 0.4) is 0 Å². The number of rotatable bonds is 6. The molecule has 23 heavy (non-hydrogen) atoms. The predicted molar refractivity (Wildman–Crippen MR) is 88.9 cm³/mol. The van der Waals surface area contributed by atoms with Gasteiger partial charge in [-0.2, -0.15) is 0 Å². The van der Waals surface area contributed by atoms with Crippen LogP contribution in [0.1, 0.15) is 29.0 Å². The molecule has 122 valence electrons. The molecule has 0 aliphatic carbocycles. The highest BCUT2D eigenvalue weighted by Gasteiger charge is 2.20. The number of thiophene rings is 1. The van der Waals surface area contributed by atoms with E-state index >= 15 is 0 Å². The average molecular weight is 334 g/mol. The molecule has 0 aliphatic heterocycles. The number of carbonyl (C=O) groups is 1. The first-order valence-electron chi connectivity index (χ1n) is 7.09. The van der Waals surface area contributed by atoms with Gasteiger partial charge in [0, 0.05) is 10.9 Å². The van der Waals surface area contributed by atoms with E-state index in [2.05, 4.69) is 5.32 Å². The van der Waals surface area contributed by atoms with E-state index in [1.54, 1.807) is 31.3 Å². The van der Waals surface area contributed by atoms with Crippen LogP contribution in [0.4, 0.5) is 5.69 Å². The molecular weight excluding hydrogens is 316 g/mol. The molecule has 1 aromatic carbocycles. The van der Waals surface area contributed by atoms with Crippen LogP contribution in [0.5, 0.6) is 5.75 Å². The molecule has 1 heterocycles. The molecule has 0 fully saturated rings. The van der Waals surface area contributed by atoms with Crippen molar-refractivity contribution in [1.29, 1.82) is 0 Å². The maximum absolute atomic E-state index is 12.0. The summed E-state index contributed by atoms with van der Waals surface area (Å²) in [6.07, 6.45) is 0. The molecule has 0 unspecified atom stereocenters. The summed E-state index contributed by atoms with van der Waals surface area (Å²) in [7, 11) is 0. The Morgan fingerprint density at radius 2 is 2.17 bits per heavy atom. The zero-order chi connectivity index (χ0) is 17.0. The molecule has 6 nitrogen and oxygen atoms in total. The SMILES string of the molecule is Cc1cc(C)c(OCC(=O)N[C@H](C)c2cccs2)c([N+](=O)[O-])c1. The molecule has 1 atom stereocenters. The standard InChI is InChI=1S/C16H18N2O4S/c1-10-7-11(2)16(13(8-10)18(20)21)22-9-15(19)17-12(3)14-5-4-6-23-14/h4-8,12H,9H2,1-3H3,(H,17,19)/t12-/m1/s1. The van der Waals surface area contributed by atoms with Crippen molar-refractivity contribution in [1.82, 2.24) is 5.32 Å². The van der Waals surface area contributed by atoms with Gasteiger partial charge in [0.15, 0.2) is 6.61 Å². The second-order valence-electron chi connectivity index (χ2n) is 5.28. The molecule has 0 saturated heterocycles. The summed E-state index contributed by atoms with van der Waals surface area (Å²) < 4.78 is 5.41. The summed E-state index contributed by atoms with van der Waals surface area (Å²) >= 11 is 1.55. The summed E-state index contributed by atoms with van der Waals surface area (Å²) in [6.45, 7) is 5.12. The monoisotopic (exact) mass is 334 g/mol. The smallest absolute Gasteiger partial charge is 0.311 e. The van der Waals surface area contributed by atoms with Crippen LogP contribution in [0, 0.1) is 24.0 Å². The highest BCUT2D eigenvalue weighted by atomic mass is 32.1. The minimum Gasteiger partial charge on any atom is -0.477 e. The van der Waals surface area contributed by atoms with Crippen molar-refractivity contribution >= 4 is 22.9 Å². The molecule has 2 rings (SSSR count). The Hall–Kier alpha value is -2.41. The molecule has 0 radical (unpaired) electrons. The highest BCUT2D eigenvalue weighted by Crippen LogP contribution is 2.32. The number of ether oxygens (including phenoxy) is 1. The van der Waals surface area contributed by atoms with Gasteiger partial charge in [-0.15, -0.1) is 11.3 Å². The highest BCUT2D eigenvalue weighted by molar-refractivity contribution is 7.10. The van der Waals surface area contributed by atoms with E-state index in [1.807, 2.05) is 24.4 Å². The first-order valence-corrected chi connectivity index (χ1v) is 7.97. The molecule has 7 heteroatoms. The van der Waals surface area contributed by atoms with E-state index < -0.39 is 4.92 Å². The van der Waals surface area contributed by atoms with Gasteiger partial charge in [0.25, 0.3) is 5.91 Å². The van der Waals surface area contributed by atoms with Crippen molar-refractivity contribution < 1.29 is 14.5 Å². The van der Waals surface area contributed by atoms with Crippen molar-refractivity contribution in [2.75, 3.05) is 6.61 Å². The number of nitrogens with zero attached hydrogens (tertiary/aromatic N) is 1. The first kappa shape index (κ1) is 17.0. The van der Waals surface area contributed by atoms with Crippen LogP contribution < -0.4 is 10.1 Å². The third-order valence-corrected chi connectivity index (χ3v) is 4.35. The van der Waals surface area contributed by atoms with Crippen LogP contribution in [0.2, 0.25) is 0 Å². The minimum atomic E-state index is -0.499. The number of benzene rings is 1. The van der Waals surface area contributed by atoms with Gasteiger partial charge in [0.2, 0.25) is 5.75 Å². The van der Waals surface area contributed by atoms with E-state index in [-0.39, 0.29) is 30.0 Å². The van der Waals surface area contributed by atoms with Gasteiger partial charge in [-0.1, -0.05) is 12.1 Å². The Morgan fingerprint density at radius 3 is 2.78 bits per heavy atom. The van der Waals surface area contributed by atoms with Crippen molar-refractivity contribution in [2.45, 2.75) is 26.8 Å². The van der Waals surface area contributed by atoms with Crippen molar-refractivity contribution in [3.63, 3.8) is 0 Å². The Morgan fingerprint density at radius 1 is 1.43 bits per heavy atom. The molecule has 2 aromatic rings. The number of amides is 1. The fourth-order valence-corrected chi connectivity index (χ4v) is 3.02. The van der Waals surface area contributed by atoms with Crippen LogP contribution in [-0.2, 0) is 4.79 Å². The molecule has 0 saturated carbocycles. The third kappa shape index (κ3) is 4.29. The van der Waals surface area contributed by atoms with Gasteiger partial charge in [0.05, 0.1) is 11.0 Å². The number of nitro groups is 1. The fraction of sp³-hybridized carbons (Fsp3) is 0.312. The van der Waals surface area contributed by atoms with E-state index in [0.29, 0.717) is 5.56 Å². The lowest BCUT2D eigenvalue weighted by Gasteiger charge is -2.14. The average Bonchev–Trinajstić information content (AvgIpc) is 2.99. The number of hydrogen-bond acceptors (Lipinski definition) is 5. The van der Waals surface area contributed by atoms with Crippen LogP contribution in [0.25, 0.3) is 0 Å². The summed E-state index contributed by atoms with van der Waals surface area (Å²) in [6, 6.07) is 6.95. The molecule has 1 amide bonds. The summed E-state index contributed by atoms with van der Waals surface area (Å²) in [4.78, 5) is 23.6. The van der Waals surface area contributed by atoms with Gasteiger partial charge >= 0.3 is 5.69 Å². The summed E-state index contributed by atoms with van der Waals surface area (Å²) in [5, 5.41) is 15.9. The Kier molecular flexibility index (Phi) is 5.33. The zero-order valence-corrected chi connectivity index (χ0v) is 14.0. The van der Waals surface area contributed by atoms with E-state index in [1.165, 1.54) is 6.07 Å². The molecule has 0 spiro atoms. The Labute approximate surface area is 138 Å². The lowest BCUT2D eigenvalue weighted by molar-refractivity contribution is -0.385. The minimum absolute atomic E-state index is 0.124. The molecule has 1 N–H and O–H groups in total. The van der Waals surface area contributed by atoms with Crippen LogP contribution in [0.15, 0.2) is 29.6 Å². The van der Waals surface area contributed by atoms with Gasteiger partial charge in [-0.25, -0.2) is 0 Å². The van der Waals surface area contributed by atoms with Crippen LogP contribution in [-0.4, -0.2) is 17.4 Å². The Balaban J connectivity index is 2.03. The lowest BCUT2D eigenvalue weighted by atomic mass is 10.1. The van der Waals surface area contributed by atoms with Crippen LogP contribution >= 0.6 is 11.3 Å². The van der Waals surface area contributed by atoms with E-state index in [0.717, 1.165) is 10.4 Å². The van der Waals surface area contributed by atoms with Crippen molar-refractivity contribution in [3.8, 4) is 5.75 Å². The van der Waals surface area contributed by atoms with Crippen molar-refractivity contribution in [3.05, 3.63) is 55.8 Å². The number of nitrogens with one attached hydrogen (secondary N) is 1. The summed E-state index contributed by atoms with van der Waals surface area (Å²) in [5.74, 6) is -0.181. The normalized spacial score (nSPS) is 11.8. The van der Waals surface area contributed by atoms with E-state index in [4.69, 9.17) is 4.74 Å². The van der Waals surface area contributed by atoms with Gasteiger partial charge in [-0.05, 0) is 43.3 Å². The van der Waals surface area contributed by atoms with Gasteiger partial charge in [-0.3, -0.25) is 14.9 Å². The maximum Gasteiger partial charge on any atom is 0.311 e. The molecule has 0 aliphatic rings. The molecule has 0 bridgehead atoms. The van der Waals surface area contributed by atoms with Gasteiger partial charge < -0.3 is 10.1 Å². The predicted octanol–water partition coefficient (Wildman–Crippen LogP) is 3.53. The van der Waals surface area contributed by atoms with E-state index in [9.17, 15) is 14.9 Å². The fourth-order valence-electron chi connectivity index (χ4n) is 2.28. The largest absolute Gasteiger partial charge is 0.477 e. The first-order chi connectivity index (χ1) is 10.9. The zero-order valence-electron chi connectivity index (χ0n) is 13.2. The second-order valence-corrected chi connectivity index (χ2v) is 6.26. The number of hydrogen-bond donors (Lipinski definition) is 1. The molecular formula is C16H18N2O4S. The summed E-state index contributed by atoms with van der Waals surface area (Å²) in [5.41, 5.74) is 1.29. The lowest BCUT2D eigenvalue weighted by Crippen LogP contribution is -2.31. The second kappa shape index (κ2) is 7.23. The maximum atomic E-state index is 12.0. The Bertz CT molecular complexity index is 713. The molecule has 1 aromatic heterocycles.